The van der Waals surface area contributed by atoms with Gasteiger partial charge in [-0.15, -0.1) is 0 Å². The van der Waals surface area contributed by atoms with Crippen LogP contribution in [0.5, 0.6) is 5.75 Å². The van der Waals surface area contributed by atoms with Gasteiger partial charge < -0.3 is 15.2 Å². The van der Waals surface area contributed by atoms with E-state index >= 15 is 0 Å². The molecule has 0 spiro atoms. The Hall–Kier alpha value is -1.13. The highest BCUT2D eigenvalue weighted by molar-refractivity contribution is 5.36. The Morgan fingerprint density at radius 2 is 2.06 bits per heavy atom. The molecule has 4 heteroatoms. The van der Waals surface area contributed by atoms with Gasteiger partial charge in [0.15, 0.2) is 0 Å². The van der Waals surface area contributed by atoms with Gasteiger partial charge in [-0.1, -0.05) is 19.4 Å². The zero-order valence-electron chi connectivity index (χ0n) is 11.1. The van der Waals surface area contributed by atoms with Crippen molar-refractivity contribution < 1.29 is 13.9 Å². The second-order valence-electron chi connectivity index (χ2n) is 4.29. The van der Waals surface area contributed by atoms with E-state index in [1.807, 2.05) is 6.92 Å². The third-order valence-corrected chi connectivity index (χ3v) is 2.59. The summed E-state index contributed by atoms with van der Waals surface area (Å²) in [6.07, 6.45) is 2.16. The van der Waals surface area contributed by atoms with Crippen molar-refractivity contribution in [2.24, 2.45) is 5.73 Å². The highest BCUT2D eigenvalue weighted by atomic mass is 19.1. The number of hydrogen-bond donors (Lipinski definition) is 1. The lowest BCUT2D eigenvalue weighted by Gasteiger charge is -2.14. The summed E-state index contributed by atoms with van der Waals surface area (Å²) in [7, 11) is 0. The molecule has 18 heavy (non-hydrogen) atoms. The fourth-order valence-corrected chi connectivity index (χ4v) is 1.57. The predicted octanol–water partition coefficient (Wildman–Crippen LogP) is 3.04. The van der Waals surface area contributed by atoms with E-state index in [0.717, 1.165) is 25.0 Å². The van der Waals surface area contributed by atoms with Crippen LogP contribution in [-0.4, -0.2) is 19.8 Å². The van der Waals surface area contributed by atoms with Gasteiger partial charge in [0.25, 0.3) is 0 Å². The molecule has 2 N–H and O–H groups in total. The first-order valence-electron chi connectivity index (χ1n) is 6.40. The van der Waals surface area contributed by atoms with Crippen LogP contribution in [-0.2, 0) is 4.74 Å². The zero-order chi connectivity index (χ0) is 13.4. The first-order chi connectivity index (χ1) is 8.65. The van der Waals surface area contributed by atoms with Crippen LogP contribution >= 0.6 is 0 Å². The molecule has 102 valence electrons. The lowest BCUT2D eigenvalue weighted by atomic mass is 10.1. The first kappa shape index (κ1) is 14.9. The fraction of sp³-hybridized carbons (Fsp3) is 0.571. The maximum atomic E-state index is 13.1. The van der Waals surface area contributed by atoms with Gasteiger partial charge in [-0.2, -0.15) is 0 Å². The molecule has 0 aliphatic heterocycles. The Labute approximate surface area is 108 Å². The van der Waals surface area contributed by atoms with Crippen molar-refractivity contribution in [3.05, 3.63) is 29.6 Å². The molecule has 3 nitrogen and oxygen atoms in total. The largest absolute Gasteiger partial charge is 0.491 e. The molecule has 0 aromatic heterocycles. The summed E-state index contributed by atoms with van der Waals surface area (Å²) in [6, 6.07) is 4.24. The van der Waals surface area contributed by atoms with Crippen LogP contribution in [0.1, 0.15) is 38.3 Å². The minimum atomic E-state index is -0.318. The SMILES string of the molecule is CCCCOCCOc1cc(F)ccc1C(C)N. The molecule has 0 fully saturated rings. The molecule has 1 aromatic rings. The van der Waals surface area contributed by atoms with Crippen LogP contribution in [0, 0.1) is 5.82 Å². The van der Waals surface area contributed by atoms with Gasteiger partial charge >= 0.3 is 0 Å². The monoisotopic (exact) mass is 255 g/mol. The summed E-state index contributed by atoms with van der Waals surface area (Å²) in [6.45, 7) is 5.62. The second kappa shape index (κ2) is 8.06. The standard InChI is InChI=1S/C14H22FNO2/c1-3-4-7-17-8-9-18-14-10-12(15)5-6-13(14)11(2)16/h5-6,10-11H,3-4,7-9,16H2,1-2H3. The smallest absolute Gasteiger partial charge is 0.127 e. The lowest BCUT2D eigenvalue weighted by molar-refractivity contribution is 0.0975. The van der Waals surface area contributed by atoms with E-state index in [2.05, 4.69) is 6.92 Å². The number of hydrogen-bond acceptors (Lipinski definition) is 3. The first-order valence-corrected chi connectivity index (χ1v) is 6.40. The van der Waals surface area contributed by atoms with E-state index in [-0.39, 0.29) is 11.9 Å². The van der Waals surface area contributed by atoms with Gasteiger partial charge in [-0.05, 0) is 19.4 Å². The van der Waals surface area contributed by atoms with Crippen molar-refractivity contribution in [3.8, 4) is 5.75 Å². The molecule has 0 saturated heterocycles. The van der Waals surface area contributed by atoms with Crippen LogP contribution in [0.4, 0.5) is 4.39 Å². The van der Waals surface area contributed by atoms with Crippen LogP contribution in [0.25, 0.3) is 0 Å². The van der Waals surface area contributed by atoms with Crippen molar-refractivity contribution in [3.63, 3.8) is 0 Å². The van der Waals surface area contributed by atoms with Gasteiger partial charge in [0, 0.05) is 24.3 Å². The second-order valence-corrected chi connectivity index (χ2v) is 4.29. The third-order valence-electron chi connectivity index (χ3n) is 2.59. The molecule has 1 atom stereocenters. The number of nitrogens with two attached hydrogens (primary N) is 1. The Balaban J connectivity index is 2.43. The minimum Gasteiger partial charge on any atom is -0.491 e. The minimum absolute atomic E-state index is 0.179. The Morgan fingerprint density at radius 1 is 1.28 bits per heavy atom. The van der Waals surface area contributed by atoms with Crippen molar-refractivity contribution in [2.75, 3.05) is 19.8 Å². The number of ether oxygens (including phenoxy) is 2. The van der Waals surface area contributed by atoms with Gasteiger partial charge in [-0.3, -0.25) is 0 Å². The molecule has 0 amide bonds. The molecule has 0 aliphatic carbocycles. The topological polar surface area (TPSA) is 44.5 Å². The molecule has 0 bridgehead atoms. The summed E-state index contributed by atoms with van der Waals surface area (Å²) in [5, 5.41) is 0. The predicted molar refractivity (Wildman–Crippen MR) is 70.2 cm³/mol. The molecular formula is C14H22FNO2. The third kappa shape index (κ3) is 5.02. The lowest BCUT2D eigenvalue weighted by Crippen LogP contribution is -2.12. The van der Waals surface area contributed by atoms with Crippen molar-refractivity contribution in [1.29, 1.82) is 0 Å². The fourth-order valence-electron chi connectivity index (χ4n) is 1.57. The molecule has 1 unspecified atom stereocenters. The van der Waals surface area contributed by atoms with Crippen molar-refractivity contribution >= 4 is 0 Å². The molecule has 0 heterocycles. The molecule has 1 aromatic carbocycles. The number of benzene rings is 1. The maximum Gasteiger partial charge on any atom is 0.127 e. The highest BCUT2D eigenvalue weighted by Gasteiger charge is 2.09. The quantitative estimate of drug-likeness (QED) is 0.726. The Kier molecular flexibility index (Phi) is 6.68. The maximum absolute atomic E-state index is 13.1. The van der Waals surface area contributed by atoms with Crippen molar-refractivity contribution in [2.45, 2.75) is 32.7 Å². The van der Waals surface area contributed by atoms with E-state index in [9.17, 15) is 4.39 Å². The van der Waals surface area contributed by atoms with Gasteiger partial charge in [0.05, 0.1) is 6.61 Å². The van der Waals surface area contributed by atoms with Crippen LogP contribution < -0.4 is 10.5 Å². The molecule has 1 rings (SSSR count). The van der Waals surface area contributed by atoms with Gasteiger partial charge in [-0.25, -0.2) is 4.39 Å². The zero-order valence-corrected chi connectivity index (χ0v) is 11.1. The average Bonchev–Trinajstić information content (AvgIpc) is 2.33. The normalized spacial score (nSPS) is 12.4. The summed E-state index contributed by atoms with van der Waals surface area (Å²) in [4.78, 5) is 0. The van der Waals surface area contributed by atoms with E-state index in [1.165, 1.54) is 12.1 Å². The Bertz CT molecular complexity index is 356. The highest BCUT2D eigenvalue weighted by Crippen LogP contribution is 2.24. The average molecular weight is 255 g/mol. The number of unbranched alkanes of at least 4 members (excludes halogenated alkanes) is 1. The molecule has 0 radical (unpaired) electrons. The summed E-state index contributed by atoms with van der Waals surface area (Å²) in [5.74, 6) is 0.186. The summed E-state index contributed by atoms with van der Waals surface area (Å²) >= 11 is 0. The summed E-state index contributed by atoms with van der Waals surface area (Å²) < 4.78 is 24.0. The van der Waals surface area contributed by atoms with Gasteiger partial charge in [0.2, 0.25) is 0 Å². The Morgan fingerprint density at radius 3 is 2.72 bits per heavy atom. The van der Waals surface area contributed by atoms with Gasteiger partial charge in [0.1, 0.15) is 18.2 Å². The van der Waals surface area contributed by atoms with Crippen LogP contribution in [0.3, 0.4) is 0 Å². The van der Waals surface area contributed by atoms with Crippen molar-refractivity contribution in [1.82, 2.24) is 0 Å². The van der Waals surface area contributed by atoms with Crippen LogP contribution in [0.2, 0.25) is 0 Å². The van der Waals surface area contributed by atoms with Crippen LogP contribution in [0.15, 0.2) is 18.2 Å². The van der Waals surface area contributed by atoms with E-state index in [4.69, 9.17) is 15.2 Å². The number of rotatable bonds is 8. The van der Waals surface area contributed by atoms with E-state index in [1.54, 1.807) is 6.07 Å². The molecular weight excluding hydrogens is 233 g/mol. The molecule has 0 saturated carbocycles. The molecule has 0 aliphatic rings. The summed E-state index contributed by atoms with van der Waals surface area (Å²) in [5.41, 5.74) is 6.61. The number of halogens is 1. The van der Waals surface area contributed by atoms with E-state index < -0.39 is 0 Å². The van der Waals surface area contributed by atoms with E-state index in [0.29, 0.717) is 19.0 Å².